The molecule has 0 N–H and O–H groups in total. The zero-order valence-electron chi connectivity index (χ0n) is 15.7. The molecule has 0 spiro atoms. The van der Waals surface area contributed by atoms with Crippen molar-refractivity contribution in [1.82, 2.24) is 20.1 Å². The number of nitrogens with zero attached hydrogens (tertiary/aromatic N) is 4. The Bertz CT molecular complexity index is 1150. The number of aryl methyl sites for hydroxylation is 1. The van der Waals surface area contributed by atoms with Crippen LogP contribution in [-0.2, 0) is 18.0 Å². The fourth-order valence-electron chi connectivity index (χ4n) is 2.50. The van der Waals surface area contributed by atoms with E-state index in [0.717, 1.165) is 0 Å². The third-order valence-corrected chi connectivity index (χ3v) is 5.28. The minimum Gasteiger partial charge on any atom is -0.486 e. The highest BCUT2D eigenvalue weighted by atomic mass is 35.5. The van der Waals surface area contributed by atoms with Crippen LogP contribution in [0.1, 0.15) is 26.3 Å². The molecule has 10 heteroatoms. The molecule has 0 radical (unpaired) electrons. The molecule has 0 fully saturated rings. The Balaban J connectivity index is 1.35. The van der Waals surface area contributed by atoms with E-state index < -0.39 is 5.97 Å². The Morgan fingerprint density at radius 3 is 2.77 bits per heavy atom. The molecule has 8 nitrogen and oxygen atoms in total. The number of esters is 1. The Hall–Kier alpha value is -3.30. The van der Waals surface area contributed by atoms with Gasteiger partial charge >= 0.3 is 5.97 Å². The Morgan fingerprint density at radius 2 is 2.00 bits per heavy atom. The van der Waals surface area contributed by atoms with Crippen molar-refractivity contribution < 1.29 is 18.8 Å². The average Bonchev–Trinajstić information content (AvgIpc) is 3.39. The third-order valence-electron chi connectivity index (χ3n) is 3.92. The largest absolute Gasteiger partial charge is 0.486 e. The van der Waals surface area contributed by atoms with E-state index in [1.807, 2.05) is 6.07 Å². The molecule has 0 saturated heterocycles. The number of aromatic nitrogens is 4. The number of thiazole rings is 1. The molecule has 0 aliphatic carbocycles. The van der Waals surface area contributed by atoms with E-state index in [9.17, 15) is 4.79 Å². The van der Waals surface area contributed by atoms with Crippen LogP contribution >= 0.6 is 22.9 Å². The highest BCUT2D eigenvalue weighted by molar-refractivity contribution is 7.13. The van der Waals surface area contributed by atoms with Gasteiger partial charge in [0.1, 0.15) is 22.2 Å². The van der Waals surface area contributed by atoms with Crippen LogP contribution in [0.4, 0.5) is 0 Å². The summed E-state index contributed by atoms with van der Waals surface area (Å²) < 4.78 is 16.1. The fraction of sp³-hybridized carbons (Fsp3) is 0.150. The first-order valence-corrected chi connectivity index (χ1v) is 10.0. The number of hydrogen-bond acceptors (Lipinski definition) is 9. The maximum Gasteiger partial charge on any atom is 0.350 e. The van der Waals surface area contributed by atoms with Gasteiger partial charge < -0.3 is 14.0 Å². The number of ether oxygens (including phenoxy) is 2. The van der Waals surface area contributed by atoms with Crippen molar-refractivity contribution in [2.45, 2.75) is 20.1 Å². The van der Waals surface area contributed by atoms with Gasteiger partial charge in [-0.25, -0.2) is 9.78 Å². The first kappa shape index (κ1) is 20.0. The molecule has 30 heavy (non-hydrogen) atoms. The molecule has 0 atom stereocenters. The monoisotopic (exact) mass is 442 g/mol. The van der Waals surface area contributed by atoms with Crippen LogP contribution in [0.2, 0.25) is 5.02 Å². The number of hydrogen-bond donors (Lipinski definition) is 0. The fourth-order valence-corrected chi connectivity index (χ4v) is 3.50. The van der Waals surface area contributed by atoms with Crippen LogP contribution in [0, 0.1) is 6.92 Å². The quantitative estimate of drug-likeness (QED) is 0.386. The van der Waals surface area contributed by atoms with Crippen molar-refractivity contribution in [3.8, 4) is 17.1 Å². The lowest BCUT2D eigenvalue weighted by Crippen LogP contribution is -2.05. The van der Waals surface area contributed by atoms with Crippen LogP contribution < -0.4 is 4.74 Å². The van der Waals surface area contributed by atoms with E-state index in [4.69, 9.17) is 25.6 Å². The molecule has 0 amide bonds. The van der Waals surface area contributed by atoms with Crippen molar-refractivity contribution >= 4 is 28.9 Å². The summed E-state index contributed by atoms with van der Waals surface area (Å²) >= 11 is 7.07. The second kappa shape index (κ2) is 9.02. The maximum atomic E-state index is 12.4. The number of halogens is 1. The van der Waals surface area contributed by atoms with Gasteiger partial charge in [-0.15, -0.1) is 11.3 Å². The van der Waals surface area contributed by atoms with Crippen LogP contribution in [-0.4, -0.2) is 26.1 Å². The summed E-state index contributed by atoms with van der Waals surface area (Å²) in [6.07, 6.45) is 3.27. The minimum atomic E-state index is -0.510. The molecule has 0 bridgehead atoms. The molecule has 3 heterocycles. The normalized spacial score (nSPS) is 10.7. The van der Waals surface area contributed by atoms with Crippen LogP contribution in [0.15, 0.2) is 53.3 Å². The predicted octanol–water partition coefficient (Wildman–Crippen LogP) is 4.49. The number of benzene rings is 1. The van der Waals surface area contributed by atoms with Gasteiger partial charge in [-0.1, -0.05) is 16.8 Å². The predicted molar refractivity (Wildman–Crippen MR) is 109 cm³/mol. The molecular weight excluding hydrogens is 428 g/mol. The van der Waals surface area contributed by atoms with Gasteiger partial charge in [0, 0.05) is 23.0 Å². The van der Waals surface area contributed by atoms with Gasteiger partial charge in [0.2, 0.25) is 5.82 Å². The first-order chi connectivity index (χ1) is 14.6. The molecule has 1 aromatic carbocycles. The van der Waals surface area contributed by atoms with E-state index in [1.54, 1.807) is 49.6 Å². The van der Waals surface area contributed by atoms with Gasteiger partial charge in [-0.3, -0.25) is 4.98 Å². The van der Waals surface area contributed by atoms with Gasteiger partial charge in [0.15, 0.2) is 6.61 Å². The molecule has 0 unspecified atom stereocenters. The summed E-state index contributed by atoms with van der Waals surface area (Å²) in [7, 11) is 0. The van der Waals surface area contributed by atoms with Gasteiger partial charge in [-0.2, -0.15) is 4.98 Å². The lowest BCUT2D eigenvalue weighted by atomic mass is 10.3. The second-order valence-corrected chi connectivity index (χ2v) is 7.61. The molecule has 152 valence electrons. The van der Waals surface area contributed by atoms with Crippen molar-refractivity contribution in [3.05, 3.63) is 75.3 Å². The highest BCUT2D eigenvalue weighted by Crippen LogP contribution is 2.23. The van der Waals surface area contributed by atoms with Gasteiger partial charge in [-0.05, 0) is 43.3 Å². The third kappa shape index (κ3) is 4.81. The number of carbonyl (C=O) groups is 1. The van der Waals surface area contributed by atoms with Crippen LogP contribution in [0.25, 0.3) is 11.4 Å². The smallest absolute Gasteiger partial charge is 0.350 e. The lowest BCUT2D eigenvalue weighted by molar-refractivity contribution is 0.0434. The molecule has 4 aromatic rings. The molecule has 4 rings (SSSR count). The standard InChI is InChI=1S/C20H15ClN4O4S/c1-12-18(30-17(23-12)11-27-15-6-4-14(21)5-7-15)20(26)28-10-16-24-19(25-29-16)13-3-2-8-22-9-13/h2-9H,10-11H2,1H3. The SMILES string of the molecule is Cc1nc(COc2ccc(Cl)cc2)sc1C(=O)OCc1nc(-c2cccnc2)no1. The minimum absolute atomic E-state index is 0.139. The zero-order valence-corrected chi connectivity index (χ0v) is 17.3. The number of pyridine rings is 1. The second-order valence-electron chi connectivity index (χ2n) is 6.09. The summed E-state index contributed by atoms with van der Waals surface area (Å²) in [6.45, 7) is 1.84. The average molecular weight is 443 g/mol. The van der Waals surface area contributed by atoms with E-state index in [2.05, 4.69) is 20.1 Å². The van der Waals surface area contributed by atoms with Crippen LogP contribution in [0.3, 0.4) is 0 Å². The summed E-state index contributed by atoms with van der Waals surface area (Å²) in [5, 5.41) is 5.15. The Kier molecular flexibility index (Phi) is 6.01. The Morgan fingerprint density at radius 1 is 1.17 bits per heavy atom. The zero-order chi connectivity index (χ0) is 20.9. The van der Waals surface area contributed by atoms with E-state index in [0.29, 0.717) is 37.7 Å². The summed E-state index contributed by atoms with van der Waals surface area (Å²) in [6, 6.07) is 10.6. The van der Waals surface area contributed by atoms with E-state index in [-0.39, 0.29) is 19.1 Å². The number of carbonyl (C=O) groups excluding carboxylic acids is 1. The molecular formula is C20H15ClN4O4S. The maximum absolute atomic E-state index is 12.4. The Labute approximate surface area is 180 Å². The van der Waals surface area contributed by atoms with Crippen LogP contribution in [0.5, 0.6) is 5.75 Å². The highest BCUT2D eigenvalue weighted by Gasteiger charge is 2.19. The molecule has 3 aromatic heterocycles. The van der Waals surface area contributed by atoms with Crippen molar-refractivity contribution in [1.29, 1.82) is 0 Å². The van der Waals surface area contributed by atoms with Gasteiger partial charge in [0.05, 0.1) is 5.69 Å². The van der Waals surface area contributed by atoms with E-state index >= 15 is 0 Å². The topological polar surface area (TPSA) is 100 Å². The van der Waals surface area contributed by atoms with Crippen molar-refractivity contribution in [2.75, 3.05) is 0 Å². The lowest BCUT2D eigenvalue weighted by Gasteiger charge is -2.03. The van der Waals surface area contributed by atoms with Crippen molar-refractivity contribution in [2.24, 2.45) is 0 Å². The summed E-state index contributed by atoms with van der Waals surface area (Å²) in [5.41, 5.74) is 1.28. The first-order valence-electron chi connectivity index (χ1n) is 8.83. The van der Waals surface area contributed by atoms with Crippen molar-refractivity contribution in [3.63, 3.8) is 0 Å². The van der Waals surface area contributed by atoms with Gasteiger partial charge in [0.25, 0.3) is 5.89 Å². The molecule has 0 aliphatic rings. The van der Waals surface area contributed by atoms with E-state index in [1.165, 1.54) is 11.3 Å². The molecule has 0 aliphatic heterocycles. The number of rotatable bonds is 7. The molecule has 0 saturated carbocycles. The summed E-state index contributed by atoms with van der Waals surface area (Å²) in [5.74, 6) is 0.724. The summed E-state index contributed by atoms with van der Waals surface area (Å²) in [4.78, 5) is 25.4.